The van der Waals surface area contributed by atoms with Crippen LogP contribution in [-0.4, -0.2) is 32.9 Å². The second-order valence-electron chi connectivity index (χ2n) is 6.29. The third-order valence-corrected chi connectivity index (χ3v) is 4.32. The molecule has 1 atom stereocenters. The highest BCUT2D eigenvalue weighted by atomic mass is 16.5. The Morgan fingerprint density at radius 2 is 2.00 bits per heavy atom. The third kappa shape index (κ3) is 3.59. The normalized spacial score (nSPS) is 20.8. The predicted molar refractivity (Wildman–Crippen MR) is 86.4 cm³/mol. The van der Waals surface area contributed by atoms with E-state index in [4.69, 9.17) is 4.74 Å². The number of rotatable bonds is 3. The highest BCUT2D eigenvalue weighted by molar-refractivity contribution is 5.56. The minimum absolute atomic E-state index is 0.217. The summed E-state index contributed by atoms with van der Waals surface area (Å²) in [5, 5.41) is 12.1. The molecular formula is C18H20N4O. The maximum atomic E-state index is 5.79. The van der Waals surface area contributed by atoms with Gasteiger partial charge in [-0.05, 0) is 66.8 Å². The summed E-state index contributed by atoms with van der Waals surface area (Å²) in [5.41, 5.74) is 2.07. The van der Waals surface area contributed by atoms with E-state index < -0.39 is 0 Å². The maximum Gasteiger partial charge on any atom is 0.182 e. The summed E-state index contributed by atoms with van der Waals surface area (Å²) < 4.78 is 7.63. The number of nitrogens with zero attached hydrogens (tertiary/aromatic N) is 4. The molecule has 0 amide bonds. The number of tetrazole rings is 1. The fourth-order valence-corrected chi connectivity index (χ4v) is 2.79. The third-order valence-electron chi connectivity index (χ3n) is 4.32. The van der Waals surface area contributed by atoms with Crippen LogP contribution in [-0.2, 0) is 11.3 Å². The van der Waals surface area contributed by atoms with Crippen molar-refractivity contribution in [1.29, 1.82) is 0 Å². The molecule has 4 rings (SSSR count). The Morgan fingerprint density at radius 3 is 2.74 bits per heavy atom. The molecule has 1 saturated heterocycles. The van der Waals surface area contributed by atoms with Crippen molar-refractivity contribution in [3.8, 4) is 23.2 Å². The lowest BCUT2D eigenvalue weighted by Gasteiger charge is -2.22. The standard InChI is InChI=1S/C18H20N4O/c1-2-12-23-17(3-1)13-22-18(19-20-21-22)16-10-8-15(9-11-16)7-6-14-4-5-14/h8-11,14,17H,1-5,12-13H2. The van der Waals surface area contributed by atoms with Gasteiger partial charge in [-0.3, -0.25) is 0 Å². The molecule has 0 N–H and O–H groups in total. The van der Waals surface area contributed by atoms with Gasteiger partial charge in [0.25, 0.3) is 0 Å². The lowest BCUT2D eigenvalue weighted by Crippen LogP contribution is -2.25. The van der Waals surface area contributed by atoms with Gasteiger partial charge < -0.3 is 4.74 Å². The van der Waals surface area contributed by atoms with Crippen LogP contribution in [0.15, 0.2) is 24.3 Å². The minimum atomic E-state index is 0.217. The first-order valence-corrected chi connectivity index (χ1v) is 8.38. The van der Waals surface area contributed by atoms with Crippen LogP contribution in [0.2, 0.25) is 0 Å². The minimum Gasteiger partial charge on any atom is -0.376 e. The van der Waals surface area contributed by atoms with Crippen molar-refractivity contribution in [2.24, 2.45) is 5.92 Å². The van der Waals surface area contributed by atoms with Crippen LogP contribution in [0.3, 0.4) is 0 Å². The van der Waals surface area contributed by atoms with Crippen LogP contribution >= 0.6 is 0 Å². The smallest absolute Gasteiger partial charge is 0.182 e. The summed E-state index contributed by atoms with van der Waals surface area (Å²) in [6.45, 7) is 1.56. The lowest BCUT2D eigenvalue weighted by atomic mass is 10.1. The van der Waals surface area contributed by atoms with Gasteiger partial charge in [0.2, 0.25) is 0 Å². The quantitative estimate of drug-likeness (QED) is 0.818. The second-order valence-corrected chi connectivity index (χ2v) is 6.29. The molecule has 1 aliphatic heterocycles. The Labute approximate surface area is 136 Å². The summed E-state index contributed by atoms with van der Waals surface area (Å²) in [4.78, 5) is 0. The highest BCUT2D eigenvalue weighted by Crippen LogP contribution is 2.27. The van der Waals surface area contributed by atoms with E-state index in [1.807, 2.05) is 28.9 Å². The Bertz CT molecular complexity index is 715. The van der Waals surface area contributed by atoms with E-state index in [2.05, 4.69) is 27.4 Å². The highest BCUT2D eigenvalue weighted by Gasteiger charge is 2.19. The number of hydrogen-bond acceptors (Lipinski definition) is 4. The van der Waals surface area contributed by atoms with Gasteiger partial charge in [-0.2, -0.15) is 0 Å². The first-order chi connectivity index (χ1) is 11.4. The average Bonchev–Trinajstić information content (AvgIpc) is 3.32. The topological polar surface area (TPSA) is 52.8 Å². The van der Waals surface area contributed by atoms with E-state index >= 15 is 0 Å². The van der Waals surface area contributed by atoms with Crippen molar-refractivity contribution in [2.45, 2.75) is 44.8 Å². The van der Waals surface area contributed by atoms with Crippen molar-refractivity contribution in [3.63, 3.8) is 0 Å². The lowest BCUT2D eigenvalue weighted by molar-refractivity contribution is 0.00397. The number of benzene rings is 1. The van der Waals surface area contributed by atoms with Crippen LogP contribution < -0.4 is 0 Å². The fraction of sp³-hybridized carbons (Fsp3) is 0.500. The average molecular weight is 308 g/mol. The largest absolute Gasteiger partial charge is 0.376 e. The van der Waals surface area contributed by atoms with Gasteiger partial charge in [0.05, 0.1) is 12.6 Å². The molecule has 0 radical (unpaired) electrons. The van der Waals surface area contributed by atoms with E-state index in [0.717, 1.165) is 36.4 Å². The van der Waals surface area contributed by atoms with Crippen molar-refractivity contribution in [2.75, 3.05) is 6.61 Å². The second kappa shape index (κ2) is 6.51. The van der Waals surface area contributed by atoms with Crippen molar-refractivity contribution >= 4 is 0 Å². The van der Waals surface area contributed by atoms with E-state index in [-0.39, 0.29) is 6.10 Å². The molecule has 1 saturated carbocycles. The zero-order valence-electron chi connectivity index (χ0n) is 13.1. The zero-order valence-corrected chi connectivity index (χ0v) is 13.1. The van der Waals surface area contributed by atoms with Gasteiger partial charge in [-0.25, -0.2) is 4.68 Å². The SMILES string of the molecule is C(#CC1CC1)c1ccc(-c2nnnn2CC2CCCCO2)cc1. The molecule has 2 aromatic rings. The molecule has 1 aromatic heterocycles. The Balaban J connectivity index is 1.49. The van der Waals surface area contributed by atoms with Crippen LogP contribution in [0.1, 0.15) is 37.7 Å². The van der Waals surface area contributed by atoms with Crippen molar-refractivity contribution < 1.29 is 4.74 Å². The first kappa shape index (κ1) is 14.4. The molecule has 1 unspecified atom stereocenters. The van der Waals surface area contributed by atoms with Crippen LogP contribution in [0, 0.1) is 17.8 Å². The van der Waals surface area contributed by atoms with Gasteiger partial charge in [-0.1, -0.05) is 11.8 Å². The first-order valence-electron chi connectivity index (χ1n) is 8.38. The molecule has 2 aliphatic rings. The molecule has 0 spiro atoms. The summed E-state index contributed by atoms with van der Waals surface area (Å²) >= 11 is 0. The summed E-state index contributed by atoms with van der Waals surface area (Å²) in [7, 11) is 0. The monoisotopic (exact) mass is 308 g/mol. The van der Waals surface area contributed by atoms with Gasteiger partial charge >= 0.3 is 0 Å². The van der Waals surface area contributed by atoms with Gasteiger partial charge in [-0.15, -0.1) is 5.10 Å². The number of aromatic nitrogens is 4. The predicted octanol–water partition coefficient (Wildman–Crippen LogP) is 2.67. The van der Waals surface area contributed by atoms with Gasteiger partial charge in [0, 0.05) is 23.7 Å². The summed E-state index contributed by atoms with van der Waals surface area (Å²) in [6, 6.07) is 8.17. The molecule has 2 fully saturated rings. The molecule has 1 aromatic carbocycles. The Kier molecular flexibility index (Phi) is 4.08. The number of hydrogen-bond donors (Lipinski definition) is 0. The summed E-state index contributed by atoms with van der Waals surface area (Å²) in [5.74, 6) is 7.93. The van der Waals surface area contributed by atoms with Crippen molar-refractivity contribution in [3.05, 3.63) is 29.8 Å². The molecule has 23 heavy (non-hydrogen) atoms. The number of ether oxygens (including phenoxy) is 1. The van der Waals surface area contributed by atoms with E-state index in [0.29, 0.717) is 12.5 Å². The molecule has 5 heteroatoms. The summed E-state index contributed by atoms with van der Waals surface area (Å²) in [6.07, 6.45) is 6.18. The zero-order chi connectivity index (χ0) is 15.5. The van der Waals surface area contributed by atoms with E-state index in [9.17, 15) is 0 Å². The van der Waals surface area contributed by atoms with Gasteiger partial charge in [0.1, 0.15) is 0 Å². The maximum absolute atomic E-state index is 5.79. The van der Waals surface area contributed by atoms with E-state index in [1.165, 1.54) is 19.3 Å². The molecule has 118 valence electrons. The molecule has 1 aliphatic carbocycles. The Hall–Kier alpha value is -2.19. The molecule has 5 nitrogen and oxygen atoms in total. The fourth-order valence-electron chi connectivity index (χ4n) is 2.79. The Morgan fingerprint density at radius 1 is 1.13 bits per heavy atom. The van der Waals surface area contributed by atoms with Crippen LogP contribution in [0.4, 0.5) is 0 Å². The molecule has 2 heterocycles. The van der Waals surface area contributed by atoms with Crippen molar-refractivity contribution in [1.82, 2.24) is 20.2 Å². The molecular weight excluding hydrogens is 288 g/mol. The molecule has 0 bridgehead atoms. The van der Waals surface area contributed by atoms with Gasteiger partial charge in [0.15, 0.2) is 5.82 Å². The van der Waals surface area contributed by atoms with Crippen LogP contribution in [0.25, 0.3) is 11.4 Å². The van der Waals surface area contributed by atoms with E-state index in [1.54, 1.807) is 0 Å². The van der Waals surface area contributed by atoms with Crippen LogP contribution in [0.5, 0.6) is 0 Å².